The number of rotatable bonds is 5. The summed E-state index contributed by atoms with van der Waals surface area (Å²) in [6, 6.07) is 14.5. The number of ether oxygens (including phenoxy) is 1. The van der Waals surface area contributed by atoms with Gasteiger partial charge >= 0.3 is 0 Å². The first kappa shape index (κ1) is 22.2. The van der Waals surface area contributed by atoms with Crippen LogP contribution in [0.2, 0.25) is 4.34 Å². The van der Waals surface area contributed by atoms with E-state index in [2.05, 4.69) is 41.9 Å². The minimum atomic E-state index is -0.0599. The van der Waals surface area contributed by atoms with Gasteiger partial charge in [0.2, 0.25) is 11.8 Å². The number of fused-ring (bicyclic) bond motifs is 1. The highest BCUT2D eigenvalue weighted by Gasteiger charge is 2.32. The van der Waals surface area contributed by atoms with Gasteiger partial charge in [-0.1, -0.05) is 48.9 Å². The van der Waals surface area contributed by atoms with Crippen molar-refractivity contribution in [3.05, 3.63) is 81.7 Å². The van der Waals surface area contributed by atoms with Crippen molar-refractivity contribution in [3.63, 3.8) is 0 Å². The summed E-state index contributed by atoms with van der Waals surface area (Å²) in [5.41, 5.74) is 4.43. The summed E-state index contributed by atoms with van der Waals surface area (Å²) in [7, 11) is 0. The van der Waals surface area contributed by atoms with Crippen molar-refractivity contribution < 1.29 is 9.53 Å². The van der Waals surface area contributed by atoms with Crippen LogP contribution in [0, 0.1) is 0 Å². The maximum absolute atomic E-state index is 12.5. The predicted molar refractivity (Wildman–Crippen MR) is 134 cm³/mol. The number of nitrogens with zero attached hydrogens (tertiary/aromatic N) is 2. The Hall–Kier alpha value is -2.63. The van der Waals surface area contributed by atoms with Crippen LogP contribution >= 0.6 is 22.9 Å². The number of pyridine rings is 1. The zero-order chi connectivity index (χ0) is 22.8. The fourth-order valence-electron chi connectivity index (χ4n) is 5.02. The molecule has 1 aliphatic heterocycles. The van der Waals surface area contributed by atoms with E-state index in [9.17, 15) is 4.79 Å². The van der Waals surface area contributed by atoms with Gasteiger partial charge < -0.3 is 9.64 Å². The van der Waals surface area contributed by atoms with E-state index in [1.807, 2.05) is 17.0 Å². The average Bonchev–Trinajstić information content (AvgIpc) is 3.24. The first-order valence-corrected chi connectivity index (χ1v) is 12.7. The molecule has 170 valence electrons. The first-order valence-electron chi connectivity index (χ1n) is 11.5. The Morgan fingerprint density at radius 2 is 1.91 bits per heavy atom. The predicted octanol–water partition coefficient (Wildman–Crippen LogP) is 6.84. The lowest BCUT2D eigenvalue weighted by Crippen LogP contribution is -2.37. The van der Waals surface area contributed by atoms with Crippen LogP contribution in [0.4, 0.5) is 0 Å². The van der Waals surface area contributed by atoms with Gasteiger partial charge in [0.15, 0.2) is 0 Å². The zero-order valence-corrected chi connectivity index (χ0v) is 20.1. The number of thiophene rings is 1. The van der Waals surface area contributed by atoms with Crippen LogP contribution in [-0.4, -0.2) is 28.4 Å². The maximum Gasteiger partial charge on any atom is 0.246 e. The van der Waals surface area contributed by atoms with Crippen molar-refractivity contribution in [1.82, 2.24) is 9.88 Å². The van der Waals surface area contributed by atoms with E-state index in [0.717, 1.165) is 38.7 Å². The lowest BCUT2D eigenvalue weighted by molar-refractivity contribution is -0.127. The molecule has 2 aliphatic rings. The number of halogens is 1. The molecule has 0 N–H and O–H groups in total. The van der Waals surface area contributed by atoms with Crippen molar-refractivity contribution >= 4 is 28.8 Å². The molecule has 2 aromatic heterocycles. The number of hydrogen-bond acceptors (Lipinski definition) is 4. The summed E-state index contributed by atoms with van der Waals surface area (Å²) in [5, 5.41) is 0. The van der Waals surface area contributed by atoms with E-state index < -0.39 is 0 Å². The standard InChI is InChI=1S/C27H27ClN2O2S/c1-2-26(31)30-16-23(22-15-25(28)33-24(22)17-30)20-12-7-6-11-19(20)21-13-8-14-29-27(21)32-18-9-4-3-5-10-18/h2,6-8,11-15,18,23H,1,3-5,9-10,16-17H2/t23-/m0/s1. The van der Waals surface area contributed by atoms with Crippen molar-refractivity contribution in [3.8, 4) is 17.0 Å². The summed E-state index contributed by atoms with van der Waals surface area (Å²) < 4.78 is 7.17. The molecule has 1 aliphatic carbocycles. The van der Waals surface area contributed by atoms with Crippen LogP contribution in [0.1, 0.15) is 54.0 Å². The van der Waals surface area contributed by atoms with Crippen molar-refractivity contribution in [1.29, 1.82) is 0 Å². The Morgan fingerprint density at radius 3 is 2.73 bits per heavy atom. The summed E-state index contributed by atoms with van der Waals surface area (Å²) >= 11 is 7.97. The van der Waals surface area contributed by atoms with Crippen LogP contribution in [0.3, 0.4) is 0 Å². The lowest BCUT2D eigenvalue weighted by Gasteiger charge is -2.33. The van der Waals surface area contributed by atoms with Crippen LogP contribution in [0.25, 0.3) is 11.1 Å². The van der Waals surface area contributed by atoms with Gasteiger partial charge in [0.1, 0.15) is 6.10 Å². The highest BCUT2D eigenvalue weighted by molar-refractivity contribution is 7.16. The second-order valence-corrected chi connectivity index (χ2v) is 10.5. The van der Waals surface area contributed by atoms with Crippen molar-refractivity contribution in [2.45, 2.75) is 50.7 Å². The molecule has 1 atom stereocenters. The SMILES string of the molecule is C=CC(=O)N1Cc2sc(Cl)cc2[C@H](c2ccccc2-c2cccnc2OC2CCCCC2)C1. The molecule has 1 aromatic carbocycles. The number of amides is 1. The number of aromatic nitrogens is 1. The van der Waals surface area contributed by atoms with Gasteiger partial charge in [0, 0.05) is 29.1 Å². The van der Waals surface area contributed by atoms with E-state index in [1.54, 1.807) is 17.5 Å². The van der Waals surface area contributed by atoms with Gasteiger partial charge in [-0.2, -0.15) is 0 Å². The van der Waals surface area contributed by atoms with Gasteiger partial charge in [0.05, 0.1) is 10.9 Å². The molecule has 1 amide bonds. The first-order chi connectivity index (χ1) is 16.1. The molecule has 3 aromatic rings. The molecule has 0 unspecified atom stereocenters. The number of hydrogen-bond donors (Lipinski definition) is 0. The third-order valence-electron chi connectivity index (χ3n) is 6.64. The van der Waals surface area contributed by atoms with E-state index in [1.165, 1.54) is 30.9 Å². The topological polar surface area (TPSA) is 42.4 Å². The summed E-state index contributed by atoms with van der Waals surface area (Å²) in [4.78, 5) is 20.1. The molecule has 0 bridgehead atoms. The largest absolute Gasteiger partial charge is 0.474 e. The molecule has 1 fully saturated rings. The van der Waals surface area contributed by atoms with Crippen LogP contribution < -0.4 is 4.74 Å². The summed E-state index contributed by atoms with van der Waals surface area (Å²) in [6.07, 6.45) is 9.26. The Balaban J connectivity index is 1.56. The van der Waals surface area contributed by atoms with E-state index >= 15 is 0 Å². The van der Waals surface area contributed by atoms with Crippen molar-refractivity contribution in [2.75, 3.05) is 6.54 Å². The van der Waals surface area contributed by atoms with Crippen LogP contribution in [-0.2, 0) is 11.3 Å². The lowest BCUT2D eigenvalue weighted by atomic mass is 9.84. The Labute approximate surface area is 203 Å². The van der Waals surface area contributed by atoms with Crippen molar-refractivity contribution in [2.24, 2.45) is 0 Å². The van der Waals surface area contributed by atoms with Crippen LogP contribution in [0.5, 0.6) is 5.88 Å². The Bertz CT molecular complexity index is 1170. The molecule has 33 heavy (non-hydrogen) atoms. The van der Waals surface area contributed by atoms with E-state index in [4.69, 9.17) is 16.3 Å². The molecule has 5 rings (SSSR count). The normalized spacial score (nSPS) is 18.6. The molecular formula is C27H27ClN2O2S. The van der Waals surface area contributed by atoms with E-state index in [-0.39, 0.29) is 17.9 Å². The molecule has 4 nitrogen and oxygen atoms in total. The van der Waals surface area contributed by atoms with Gasteiger partial charge in [-0.3, -0.25) is 4.79 Å². The zero-order valence-electron chi connectivity index (χ0n) is 18.5. The quantitative estimate of drug-likeness (QED) is 0.377. The Kier molecular flexibility index (Phi) is 6.52. The third kappa shape index (κ3) is 4.57. The number of carbonyl (C=O) groups is 1. The number of carbonyl (C=O) groups excluding carboxylic acids is 1. The minimum absolute atomic E-state index is 0.0142. The summed E-state index contributed by atoms with van der Waals surface area (Å²) in [6.45, 7) is 4.84. The summed E-state index contributed by atoms with van der Waals surface area (Å²) in [5.74, 6) is 0.644. The van der Waals surface area contributed by atoms with Gasteiger partial charge in [-0.05, 0) is 66.6 Å². The monoisotopic (exact) mass is 478 g/mol. The van der Waals surface area contributed by atoms with Gasteiger partial charge in [0.25, 0.3) is 0 Å². The fraction of sp³-hybridized carbons (Fsp3) is 0.333. The van der Waals surface area contributed by atoms with Crippen LogP contribution in [0.15, 0.2) is 61.3 Å². The second kappa shape index (κ2) is 9.70. The third-order valence-corrected chi connectivity index (χ3v) is 7.90. The molecule has 0 saturated heterocycles. The van der Waals surface area contributed by atoms with Gasteiger partial charge in [-0.15, -0.1) is 11.3 Å². The molecule has 6 heteroatoms. The molecular weight excluding hydrogens is 452 g/mol. The average molecular weight is 479 g/mol. The fourth-order valence-corrected chi connectivity index (χ4v) is 6.38. The highest BCUT2D eigenvalue weighted by Crippen LogP contribution is 2.44. The molecule has 1 saturated carbocycles. The smallest absolute Gasteiger partial charge is 0.246 e. The Morgan fingerprint density at radius 1 is 1.12 bits per heavy atom. The molecule has 3 heterocycles. The van der Waals surface area contributed by atoms with E-state index in [0.29, 0.717) is 19.0 Å². The maximum atomic E-state index is 12.5. The molecule has 0 radical (unpaired) electrons. The highest BCUT2D eigenvalue weighted by atomic mass is 35.5. The minimum Gasteiger partial charge on any atom is -0.474 e. The number of benzene rings is 1. The van der Waals surface area contributed by atoms with Gasteiger partial charge in [-0.25, -0.2) is 4.98 Å². The second-order valence-electron chi connectivity index (χ2n) is 8.73. The molecule has 0 spiro atoms.